The van der Waals surface area contributed by atoms with Gasteiger partial charge in [0.05, 0.1) is 12.5 Å². The fraction of sp³-hybridized carbons (Fsp3) is 0.474. The molecule has 1 aromatic heterocycles. The molecule has 0 aliphatic carbocycles. The first-order valence-corrected chi connectivity index (χ1v) is 8.67. The van der Waals surface area contributed by atoms with E-state index in [-0.39, 0.29) is 11.8 Å². The quantitative estimate of drug-likeness (QED) is 0.828. The number of rotatable bonds is 6. The number of pyridine rings is 1. The molecule has 0 saturated carbocycles. The van der Waals surface area contributed by atoms with Gasteiger partial charge in [-0.15, -0.1) is 0 Å². The summed E-state index contributed by atoms with van der Waals surface area (Å²) in [5, 5.41) is 4.11. The summed E-state index contributed by atoms with van der Waals surface area (Å²) < 4.78 is 5.84. The minimum atomic E-state index is 0.131. The predicted molar refractivity (Wildman–Crippen MR) is 95.1 cm³/mol. The average Bonchev–Trinajstić information content (AvgIpc) is 2.61. The second-order valence-electron chi connectivity index (χ2n) is 6.43. The van der Waals surface area contributed by atoms with Crippen LogP contribution in [0.15, 0.2) is 36.5 Å². The smallest absolute Gasteiger partial charge is 0.224 e. The van der Waals surface area contributed by atoms with Crippen molar-refractivity contribution in [3.05, 3.63) is 36.5 Å². The van der Waals surface area contributed by atoms with E-state index >= 15 is 0 Å². The van der Waals surface area contributed by atoms with Crippen LogP contribution >= 0.6 is 0 Å². The molecule has 1 aliphatic rings. The molecule has 0 unspecified atom stereocenters. The van der Waals surface area contributed by atoms with Crippen LogP contribution in [0.1, 0.15) is 19.3 Å². The summed E-state index contributed by atoms with van der Waals surface area (Å²) in [6, 6.07) is 9.88. The molecular weight excluding hydrogens is 302 g/mol. The molecule has 24 heavy (non-hydrogen) atoms. The second kappa shape index (κ2) is 8.11. The third-order valence-electron chi connectivity index (χ3n) is 4.47. The van der Waals surface area contributed by atoms with Crippen LogP contribution in [-0.4, -0.2) is 49.1 Å². The van der Waals surface area contributed by atoms with E-state index in [0.717, 1.165) is 49.0 Å². The number of carbonyl (C=O) groups excluding carboxylic acids is 1. The molecule has 1 saturated heterocycles. The molecule has 0 spiro atoms. The molecule has 5 heteroatoms. The maximum atomic E-state index is 12.2. The normalized spacial score (nSPS) is 18.5. The molecule has 3 rings (SSSR count). The largest absolute Gasteiger partial charge is 0.491 e. The average molecular weight is 327 g/mol. The van der Waals surface area contributed by atoms with Crippen molar-refractivity contribution >= 4 is 16.8 Å². The van der Waals surface area contributed by atoms with Gasteiger partial charge in [-0.05, 0) is 45.0 Å². The van der Waals surface area contributed by atoms with E-state index in [2.05, 4.69) is 22.2 Å². The topological polar surface area (TPSA) is 54.5 Å². The molecule has 1 atom stereocenters. The van der Waals surface area contributed by atoms with Crippen LogP contribution in [0.2, 0.25) is 0 Å². The highest BCUT2D eigenvalue weighted by molar-refractivity contribution is 5.84. The van der Waals surface area contributed by atoms with Crippen LogP contribution < -0.4 is 10.1 Å². The lowest BCUT2D eigenvalue weighted by Crippen LogP contribution is -2.41. The van der Waals surface area contributed by atoms with Crippen molar-refractivity contribution in [3.63, 3.8) is 0 Å². The van der Waals surface area contributed by atoms with Gasteiger partial charge in [-0.1, -0.05) is 18.2 Å². The van der Waals surface area contributed by atoms with Gasteiger partial charge in [0.25, 0.3) is 0 Å². The van der Waals surface area contributed by atoms with Gasteiger partial charge in [0.1, 0.15) is 11.3 Å². The summed E-state index contributed by atoms with van der Waals surface area (Å²) in [7, 11) is 2.07. The number of piperidine rings is 1. The Labute approximate surface area is 143 Å². The Kier molecular flexibility index (Phi) is 5.64. The van der Waals surface area contributed by atoms with Crippen LogP contribution in [-0.2, 0) is 4.79 Å². The highest BCUT2D eigenvalue weighted by Crippen LogP contribution is 2.22. The summed E-state index contributed by atoms with van der Waals surface area (Å²) in [6.07, 6.45) is 4.66. The first-order chi connectivity index (χ1) is 11.7. The number of ether oxygens (including phenoxy) is 1. The van der Waals surface area contributed by atoms with Crippen LogP contribution in [0.4, 0.5) is 0 Å². The van der Waals surface area contributed by atoms with Crippen LogP contribution in [0, 0.1) is 5.92 Å². The van der Waals surface area contributed by atoms with E-state index < -0.39 is 0 Å². The first kappa shape index (κ1) is 16.7. The summed E-state index contributed by atoms with van der Waals surface area (Å²) in [4.78, 5) is 18.8. The van der Waals surface area contributed by atoms with Gasteiger partial charge in [-0.3, -0.25) is 9.78 Å². The second-order valence-corrected chi connectivity index (χ2v) is 6.43. The Balaban J connectivity index is 1.41. The number of benzene rings is 1. The number of likely N-dealkylation sites (tertiary alicyclic amines) is 1. The van der Waals surface area contributed by atoms with E-state index in [0.29, 0.717) is 13.2 Å². The molecule has 1 fully saturated rings. The number of amides is 1. The predicted octanol–water partition coefficient (Wildman–Crippen LogP) is 2.46. The number of carbonyl (C=O) groups is 1. The lowest BCUT2D eigenvalue weighted by Gasteiger charge is -2.28. The van der Waals surface area contributed by atoms with Crippen molar-refractivity contribution < 1.29 is 9.53 Å². The Morgan fingerprint density at radius 1 is 1.38 bits per heavy atom. The number of fused-ring (bicyclic) bond motifs is 1. The zero-order valence-electron chi connectivity index (χ0n) is 14.2. The summed E-state index contributed by atoms with van der Waals surface area (Å²) in [6.45, 7) is 3.18. The number of nitrogens with one attached hydrogen (secondary N) is 1. The Bertz CT molecular complexity index is 684. The fourth-order valence-corrected chi connectivity index (χ4v) is 3.18. The summed E-state index contributed by atoms with van der Waals surface area (Å²) in [5.41, 5.74) is 0.884. The lowest BCUT2D eigenvalue weighted by molar-refractivity contribution is -0.126. The molecule has 128 valence electrons. The van der Waals surface area contributed by atoms with Crippen LogP contribution in [0.25, 0.3) is 10.9 Å². The molecule has 0 bridgehead atoms. The van der Waals surface area contributed by atoms with Crippen molar-refractivity contribution in [2.75, 3.05) is 33.3 Å². The number of hydrogen-bond donors (Lipinski definition) is 1. The van der Waals surface area contributed by atoms with Crippen molar-refractivity contribution in [2.24, 2.45) is 5.92 Å². The van der Waals surface area contributed by atoms with Gasteiger partial charge in [-0.25, -0.2) is 0 Å². The van der Waals surface area contributed by atoms with Crippen molar-refractivity contribution in [3.8, 4) is 5.75 Å². The third-order valence-corrected chi connectivity index (χ3v) is 4.47. The third kappa shape index (κ3) is 4.23. The lowest BCUT2D eigenvalue weighted by atomic mass is 9.97. The van der Waals surface area contributed by atoms with Gasteiger partial charge >= 0.3 is 0 Å². The highest BCUT2D eigenvalue weighted by Gasteiger charge is 2.23. The maximum Gasteiger partial charge on any atom is 0.224 e. The highest BCUT2D eigenvalue weighted by atomic mass is 16.5. The number of hydrogen-bond acceptors (Lipinski definition) is 4. The number of para-hydroxylation sites is 1. The van der Waals surface area contributed by atoms with Crippen molar-refractivity contribution in [2.45, 2.75) is 19.3 Å². The fourth-order valence-electron chi connectivity index (χ4n) is 3.18. The molecule has 1 aliphatic heterocycles. The molecule has 1 aromatic carbocycles. The Hall–Kier alpha value is -2.14. The zero-order valence-corrected chi connectivity index (χ0v) is 14.2. The van der Waals surface area contributed by atoms with E-state index in [4.69, 9.17) is 4.74 Å². The Morgan fingerprint density at radius 3 is 3.12 bits per heavy atom. The maximum absolute atomic E-state index is 12.2. The van der Waals surface area contributed by atoms with Gasteiger partial charge in [0, 0.05) is 24.7 Å². The SMILES string of the molecule is CN1CCC[C@@H](C(=O)NCCCOc2cccc3cccnc23)C1. The number of nitrogens with zero attached hydrogens (tertiary/aromatic N) is 2. The standard InChI is InChI=1S/C19H25N3O2/c1-22-12-4-8-16(14-22)19(23)21-11-5-13-24-17-9-2-6-15-7-3-10-20-18(15)17/h2-3,6-7,9-10,16H,4-5,8,11-14H2,1H3,(H,21,23)/t16-/m1/s1. The molecule has 0 radical (unpaired) electrons. The van der Waals surface area contributed by atoms with Gasteiger partial charge in [0.2, 0.25) is 5.91 Å². The van der Waals surface area contributed by atoms with E-state index in [1.807, 2.05) is 30.3 Å². The van der Waals surface area contributed by atoms with Gasteiger partial charge < -0.3 is 15.0 Å². The monoisotopic (exact) mass is 327 g/mol. The summed E-state index contributed by atoms with van der Waals surface area (Å²) in [5.74, 6) is 1.11. The van der Waals surface area contributed by atoms with Gasteiger partial charge in [-0.2, -0.15) is 0 Å². The first-order valence-electron chi connectivity index (χ1n) is 8.67. The van der Waals surface area contributed by atoms with Gasteiger partial charge in [0.15, 0.2) is 0 Å². The minimum absolute atomic E-state index is 0.131. The van der Waals surface area contributed by atoms with Crippen LogP contribution in [0.5, 0.6) is 5.75 Å². The molecule has 1 N–H and O–H groups in total. The summed E-state index contributed by atoms with van der Waals surface area (Å²) >= 11 is 0. The minimum Gasteiger partial charge on any atom is -0.491 e. The van der Waals surface area contributed by atoms with Crippen LogP contribution in [0.3, 0.4) is 0 Å². The van der Waals surface area contributed by atoms with E-state index in [9.17, 15) is 4.79 Å². The molecule has 2 heterocycles. The molecule has 2 aromatic rings. The Morgan fingerprint density at radius 2 is 2.25 bits per heavy atom. The molecule has 5 nitrogen and oxygen atoms in total. The molecule has 1 amide bonds. The number of aromatic nitrogens is 1. The van der Waals surface area contributed by atoms with Crippen molar-refractivity contribution in [1.29, 1.82) is 0 Å². The van der Waals surface area contributed by atoms with Crippen molar-refractivity contribution in [1.82, 2.24) is 15.2 Å². The zero-order chi connectivity index (χ0) is 16.8. The molecular formula is C19H25N3O2. The van der Waals surface area contributed by atoms with E-state index in [1.54, 1.807) is 6.20 Å². The van der Waals surface area contributed by atoms with E-state index in [1.165, 1.54) is 0 Å².